The molecule has 0 saturated heterocycles. The van der Waals surface area contributed by atoms with Crippen molar-refractivity contribution >= 4 is 17.3 Å². The Bertz CT molecular complexity index is 906. The maximum Gasteiger partial charge on any atom is 0.387 e. The molecule has 8 nitrogen and oxygen atoms in total. The van der Waals surface area contributed by atoms with Gasteiger partial charge in [0.05, 0.1) is 11.5 Å². The van der Waals surface area contributed by atoms with E-state index in [1.54, 1.807) is 26.8 Å². The molecule has 0 atom stereocenters. The summed E-state index contributed by atoms with van der Waals surface area (Å²) in [5.74, 6) is -0.356. The van der Waals surface area contributed by atoms with Gasteiger partial charge in [0.25, 0.3) is 11.6 Å². The van der Waals surface area contributed by atoms with Crippen molar-refractivity contribution in [1.29, 1.82) is 0 Å². The predicted molar refractivity (Wildman–Crippen MR) is 107 cm³/mol. The number of hydrogen-bond acceptors (Lipinski definition) is 6. The third-order valence-electron chi connectivity index (χ3n) is 3.88. The van der Waals surface area contributed by atoms with Crippen molar-refractivity contribution in [1.82, 2.24) is 5.32 Å². The Balaban J connectivity index is 2.21. The predicted octanol–water partition coefficient (Wildman–Crippen LogP) is 4.35. The number of nitrogens with one attached hydrogen (secondary N) is 2. The zero-order valence-corrected chi connectivity index (χ0v) is 16.8. The second-order valence-corrected chi connectivity index (χ2v) is 6.56. The highest BCUT2D eigenvalue weighted by Gasteiger charge is 2.18. The number of anilines is 1. The van der Waals surface area contributed by atoms with Crippen LogP contribution in [0.25, 0.3) is 0 Å². The molecule has 0 aliphatic carbocycles. The molecule has 2 rings (SSSR count). The first-order valence-electron chi connectivity index (χ1n) is 9.25. The fourth-order valence-corrected chi connectivity index (χ4v) is 2.64. The number of hydrogen-bond donors (Lipinski definition) is 2. The van der Waals surface area contributed by atoms with Crippen LogP contribution in [0.15, 0.2) is 36.4 Å². The maximum absolute atomic E-state index is 12.5. The first kappa shape index (κ1) is 22.9. The van der Waals surface area contributed by atoms with Crippen LogP contribution in [0.2, 0.25) is 0 Å². The third kappa shape index (κ3) is 6.29. The van der Waals surface area contributed by atoms with Crippen molar-refractivity contribution < 1.29 is 28.0 Å². The maximum atomic E-state index is 12.5. The molecule has 0 heterocycles. The lowest BCUT2D eigenvalue weighted by Gasteiger charge is -2.14. The SMILES string of the molecule is CCOc1cc(CNc2ccc(C(=O)NC(C)C)cc2[N+](=O)[O-])ccc1OC(F)F. The monoisotopic (exact) mass is 423 g/mol. The third-order valence-corrected chi connectivity index (χ3v) is 3.88. The molecule has 0 spiro atoms. The van der Waals surface area contributed by atoms with Crippen LogP contribution in [0.3, 0.4) is 0 Å². The van der Waals surface area contributed by atoms with Gasteiger partial charge in [-0.1, -0.05) is 6.07 Å². The Hall–Kier alpha value is -3.43. The summed E-state index contributed by atoms with van der Waals surface area (Å²) >= 11 is 0. The second kappa shape index (κ2) is 10.4. The highest BCUT2D eigenvalue weighted by molar-refractivity contribution is 5.95. The van der Waals surface area contributed by atoms with Gasteiger partial charge >= 0.3 is 6.61 Å². The van der Waals surface area contributed by atoms with Crippen molar-refractivity contribution in [3.63, 3.8) is 0 Å². The summed E-state index contributed by atoms with van der Waals surface area (Å²) in [6, 6.07) is 8.44. The smallest absolute Gasteiger partial charge is 0.387 e. The summed E-state index contributed by atoms with van der Waals surface area (Å²) < 4.78 is 34.8. The van der Waals surface area contributed by atoms with Crippen molar-refractivity contribution in [3.8, 4) is 11.5 Å². The van der Waals surface area contributed by atoms with Crippen LogP contribution in [0.5, 0.6) is 11.5 Å². The number of nitro groups is 1. The molecule has 2 N–H and O–H groups in total. The Labute approximate surface area is 172 Å². The normalized spacial score (nSPS) is 10.8. The lowest BCUT2D eigenvalue weighted by molar-refractivity contribution is -0.384. The van der Waals surface area contributed by atoms with Crippen molar-refractivity contribution in [2.24, 2.45) is 0 Å². The first-order chi connectivity index (χ1) is 14.2. The van der Waals surface area contributed by atoms with E-state index in [1.165, 1.54) is 30.3 Å². The highest BCUT2D eigenvalue weighted by atomic mass is 19.3. The molecule has 0 fully saturated rings. The number of alkyl halides is 2. The second-order valence-electron chi connectivity index (χ2n) is 6.56. The van der Waals surface area contributed by atoms with Gasteiger partial charge in [-0.05, 0) is 50.6 Å². The van der Waals surface area contributed by atoms with Gasteiger partial charge in [-0.25, -0.2) is 0 Å². The number of rotatable bonds is 10. The summed E-state index contributed by atoms with van der Waals surface area (Å²) in [5.41, 5.74) is 0.769. The minimum atomic E-state index is -2.98. The Kier molecular flexibility index (Phi) is 7.90. The van der Waals surface area contributed by atoms with E-state index in [0.717, 1.165) is 0 Å². The van der Waals surface area contributed by atoms with Gasteiger partial charge in [-0.15, -0.1) is 0 Å². The van der Waals surface area contributed by atoms with Crippen LogP contribution in [0.1, 0.15) is 36.7 Å². The minimum Gasteiger partial charge on any atom is -0.490 e. The summed E-state index contributed by atoms with van der Waals surface area (Å²) in [6.07, 6.45) is 0. The van der Waals surface area contributed by atoms with Crippen molar-refractivity contribution in [3.05, 3.63) is 57.6 Å². The average molecular weight is 423 g/mol. The molecule has 30 heavy (non-hydrogen) atoms. The number of carbonyl (C=O) groups is 1. The molecule has 2 aromatic rings. The molecular formula is C20H23F2N3O5. The van der Waals surface area contributed by atoms with Gasteiger partial charge < -0.3 is 20.1 Å². The largest absolute Gasteiger partial charge is 0.490 e. The number of halogens is 2. The van der Waals surface area contributed by atoms with Crippen molar-refractivity contribution in [2.75, 3.05) is 11.9 Å². The molecule has 1 amide bonds. The topological polar surface area (TPSA) is 103 Å². The number of nitrogens with zero attached hydrogens (tertiary/aromatic N) is 1. The Morgan fingerprint density at radius 2 is 1.90 bits per heavy atom. The van der Waals surface area contributed by atoms with E-state index in [9.17, 15) is 23.7 Å². The molecule has 0 unspecified atom stereocenters. The van der Waals surface area contributed by atoms with Gasteiger partial charge in [0.15, 0.2) is 11.5 Å². The quantitative estimate of drug-likeness (QED) is 0.435. The molecule has 10 heteroatoms. The van der Waals surface area contributed by atoms with E-state index in [4.69, 9.17) is 4.74 Å². The molecule has 0 aliphatic rings. The zero-order chi connectivity index (χ0) is 22.3. The summed E-state index contributed by atoms with van der Waals surface area (Å²) in [5, 5.41) is 17.1. The van der Waals surface area contributed by atoms with Gasteiger partial charge in [-0.3, -0.25) is 14.9 Å². The van der Waals surface area contributed by atoms with E-state index in [2.05, 4.69) is 15.4 Å². The molecule has 0 saturated carbocycles. The van der Waals surface area contributed by atoms with Gasteiger partial charge in [-0.2, -0.15) is 8.78 Å². The number of benzene rings is 2. The van der Waals surface area contributed by atoms with Crippen LogP contribution in [-0.4, -0.2) is 30.1 Å². The van der Waals surface area contributed by atoms with Crippen molar-refractivity contribution in [2.45, 2.75) is 40.0 Å². The van der Waals surface area contributed by atoms with Gasteiger partial charge in [0.2, 0.25) is 0 Å². The Morgan fingerprint density at radius 3 is 2.50 bits per heavy atom. The average Bonchev–Trinajstić information content (AvgIpc) is 2.67. The number of ether oxygens (including phenoxy) is 2. The minimum absolute atomic E-state index is 0.0953. The number of amides is 1. The molecule has 0 radical (unpaired) electrons. The van der Waals surface area contributed by atoms with Crippen LogP contribution in [0.4, 0.5) is 20.2 Å². The van der Waals surface area contributed by atoms with E-state index in [0.29, 0.717) is 5.56 Å². The fourth-order valence-electron chi connectivity index (χ4n) is 2.64. The molecule has 0 aliphatic heterocycles. The lowest BCUT2D eigenvalue weighted by atomic mass is 10.1. The van der Waals surface area contributed by atoms with Crippen LogP contribution < -0.4 is 20.1 Å². The first-order valence-corrected chi connectivity index (χ1v) is 9.25. The number of carbonyl (C=O) groups excluding carboxylic acids is 1. The molecule has 0 bridgehead atoms. The van der Waals surface area contributed by atoms with Crippen LogP contribution in [0, 0.1) is 10.1 Å². The lowest BCUT2D eigenvalue weighted by Crippen LogP contribution is -2.30. The van der Waals surface area contributed by atoms with Crippen LogP contribution >= 0.6 is 0 Å². The molecule has 162 valence electrons. The number of nitro benzene ring substituents is 1. The van der Waals surface area contributed by atoms with Gasteiger partial charge in [0.1, 0.15) is 5.69 Å². The van der Waals surface area contributed by atoms with Gasteiger partial charge in [0, 0.05) is 24.2 Å². The molecule has 0 aromatic heterocycles. The van der Waals surface area contributed by atoms with E-state index in [-0.39, 0.29) is 47.6 Å². The van der Waals surface area contributed by atoms with E-state index in [1.807, 2.05) is 0 Å². The summed E-state index contributed by atoms with van der Waals surface area (Å²) in [4.78, 5) is 23.0. The summed E-state index contributed by atoms with van der Waals surface area (Å²) in [6.45, 7) is 2.71. The van der Waals surface area contributed by atoms with E-state index >= 15 is 0 Å². The summed E-state index contributed by atoms with van der Waals surface area (Å²) in [7, 11) is 0. The van der Waals surface area contributed by atoms with E-state index < -0.39 is 17.4 Å². The fraction of sp³-hybridized carbons (Fsp3) is 0.350. The highest BCUT2D eigenvalue weighted by Crippen LogP contribution is 2.31. The Morgan fingerprint density at radius 1 is 1.17 bits per heavy atom. The van der Waals surface area contributed by atoms with Crippen LogP contribution in [-0.2, 0) is 6.54 Å². The molecular weight excluding hydrogens is 400 g/mol. The molecule has 2 aromatic carbocycles. The standard InChI is InChI=1S/C20H23F2N3O5/c1-4-29-18-9-13(5-8-17(18)30-20(21)22)11-23-15-7-6-14(10-16(15)25(27)28)19(26)24-12(2)3/h5-10,12,20,23H,4,11H2,1-3H3,(H,24,26). The zero-order valence-electron chi connectivity index (χ0n) is 16.8.